The smallest absolute Gasteiger partial charge is 0.306 e. The van der Waals surface area contributed by atoms with Crippen LogP contribution in [0.25, 0.3) is 0 Å². The number of carboxylic acids is 1. The van der Waals surface area contributed by atoms with Gasteiger partial charge in [-0.25, -0.2) is 0 Å². The van der Waals surface area contributed by atoms with Gasteiger partial charge in [-0.15, -0.1) is 0 Å². The van der Waals surface area contributed by atoms with Crippen molar-refractivity contribution in [2.45, 2.75) is 187 Å². The van der Waals surface area contributed by atoms with Crippen molar-refractivity contribution >= 4 is 17.9 Å². The fourth-order valence-corrected chi connectivity index (χ4v) is 5.79. The third-order valence-electron chi connectivity index (χ3n) is 8.92. The zero-order valence-corrected chi connectivity index (χ0v) is 31.9. The summed E-state index contributed by atoms with van der Waals surface area (Å²) in [6.07, 6.45) is 31.2. The highest BCUT2D eigenvalue weighted by atomic mass is 16.6. The second kappa shape index (κ2) is 32.3. The first-order valence-electron chi connectivity index (χ1n) is 19.7. The fourth-order valence-electron chi connectivity index (χ4n) is 5.79. The molecule has 282 valence electrons. The molecular weight excluding hydrogens is 606 g/mol. The molecule has 0 bridgehead atoms. The van der Waals surface area contributed by atoms with Crippen molar-refractivity contribution in [1.82, 2.24) is 0 Å². The normalized spacial score (nSPS) is 13.1. The molecule has 0 aliphatic carbocycles. The summed E-state index contributed by atoms with van der Waals surface area (Å²) in [7, 11) is 5.38. The molecule has 0 saturated heterocycles. The van der Waals surface area contributed by atoms with Gasteiger partial charge in [-0.05, 0) is 25.7 Å². The van der Waals surface area contributed by atoms with E-state index in [1.807, 2.05) is 6.08 Å². The number of allylic oxidation sites excluding steroid dienone is 2. The highest BCUT2D eigenvalue weighted by Crippen LogP contribution is 2.15. The van der Waals surface area contributed by atoms with E-state index in [4.69, 9.17) is 14.2 Å². The summed E-state index contributed by atoms with van der Waals surface area (Å²) in [6.45, 7) is 4.56. The standard InChI is InChI=1S/C40H75NO7/c1-6-8-10-12-14-15-16-17-18-19-20-21-22-23-25-26-28-30-38(42)47-35-36(34-46-33-32-37(40(44)45)41(3,4)5)48-39(43)31-29-27-24-13-11-9-7-2/h24,27,36-37H,6-23,25-26,28-35H2,1-5H3/b27-24+. The van der Waals surface area contributed by atoms with Gasteiger partial charge in [0.15, 0.2) is 6.10 Å². The number of carbonyl (C=O) groups is 3. The van der Waals surface area contributed by atoms with E-state index in [0.717, 1.165) is 32.1 Å². The highest BCUT2D eigenvalue weighted by Gasteiger charge is 2.25. The maximum Gasteiger partial charge on any atom is 0.306 e. The van der Waals surface area contributed by atoms with Crippen molar-refractivity contribution in [3.63, 3.8) is 0 Å². The lowest BCUT2D eigenvalue weighted by Crippen LogP contribution is -2.55. The third kappa shape index (κ3) is 30.2. The Morgan fingerprint density at radius 3 is 1.58 bits per heavy atom. The molecular formula is C40H75NO7. The van der Waals surface area contributed by atoms with Crippen LogP contribution in [0.4, 0.5) is 0 Å². The first-order chi connectivity index (χ1) is 23.1. The van der Waals surface area contributed by atoms with Crippen molar-refractivity contribution < 1.29 is 38.2 Å². The monoisotopic (exact) mass is 682 g/mol. The second-order valence-electron chi connectivity index (χ2n) is 14.5. The molecule has 8 heteroatoms. The van der Waals surface area contributed by atoms with Gasteiger partial charge < -0.3 is 28.6 Å². The number of unbranched alkanes of at least 4 members (excludes halogenated alkanes) is 19. The number of hydrogen-bond acceptors (Lipinski definition) is 7. The van der Waals surface area contributed by atoms with Crippen LogP contribution in [0.3, 0.4) is 0 Å². The van der Waals surface area contributed by atoms with Gasteiger partial charge in [0, 0.05) is 19.3 Å². The van der Waals surface area contributed by atoms with E-state index in [2.05, 4.69) is 19.9 Å². The lowest BCUT2D eigenvalue weighted by molar-refractivity contribution is -0.889. The second-order valence-corrected chi connectivity index (χ2v) is 14.5. The summed E-state index contributed by atoms with van der Waals surface area (Å²) in [6, 6.07) is -0.725. The van der Waals surface area contributed by atoms with E-state index in [9.17, 15) is 19.5 Å². The summed E-state index contributed by atoms with van der Waals surface area (Å²) in [5.41, 5.74) is 0. The average Bonchev–Trinajstić information content (AvgIpc) is 3.03. The summed E-state index contributed by atoms with van der Waals surface area (Å²) >= 11 is 0. The van der Waals surface area contributed by atoms with Gasteiger partial charge in [-0.3, -0.25) is 9.59 Å². The molecule has 0 rings (SSSR count). The third-order valence-corrected chi connectivity index (χ3v) is 8.92. The number of rotatable bonds is 35. The molecule has 0 heterocycles. The Morgan fingerprint density at radius 2 is 1.08 bits per heavy atom. The molecule has 0 aromatic heterocycles. The molecule has 0 amide bonds. The quantitative estimate of drug-likeness (QED) is 0.0286. The van der Waals surface area contributed by atoms with Crippen molar-refractivity contribution in [2.75, 3.05) is 41.0 Å². The Balaban J connectivity index is 4.25. The van der Waals surface area contributed by atoms with E-state index in [1.54, 1.807) is 21.1 Å². The summed E-state index contributed by atoms with van der Waals surface area (Å²) < 4.78 is 17.0. The van der Waals surface area contributed by atoms with Crippen molar-refractivity contribution in [2.24, 2.45) is 0 Å². The van der Waals surface area contributed by atoms with Crippen LogP contribution in [-0.4, -0.2) is 75.5 Å². The summed E-state index contributed by atoms with van der Waals surface area (Å²) in [5, 5.41) is 11.5. The molecule has 0 radical (unpaired) electrons. The lowest BCUT2D eigenvalue weighted by Gasteiger charge is -2.34. The van der Waals surface area contributed by atoms with E-state index in [0.29, 0.717) is 12.8 Å². The summed E-state index contributed by atoms with van der Waals surface area (Å²) in [4.78, 5) is 36.5. The van der Waals surface area contributed by atoms with E-state index >= 15 is 0 Å². The number of carbonyl (C=O) groups excluding carboxylic acids is 3. The van der Waals surface area contributed by atoms with Gasteiger partial charge in [-0.1, -0.05) is 142 Å². The first-order valence-corrected chi connectivity index (χ1v) is 19.7. The maximum absolute atomic E-state index is 12.5. The van der Waals surface area contributed by atoms with Crippen LogP contribution < -0.4 is 5.11 Å². The van der Waals surface area contributed by atoms with Crippen LogP contribution in [0.5, 0.6) is 0 Å². The SMILES string of the molecule is CCCCC/C=C/CCC(=O)OC(COCCC(C(=O)[O-])[N+](C)(C)C)COC(=O)CCCCCCCCCCCCCCCCCCC. The van der Waals surface area contributed by atoms with Gasteiger partial charge in [0.2, 0.25) is 0 Å². The van der Waals surface area contributed by atoms with Crippen LogP contribution in [-0.2, 0) is 28.6 Å². The largest absolute Gasteiger partial charge is 0.544 e. The number of likely N-dealkylation sites (N-methyl/N-ethyl adjacent to an activating group) is 1. The Bertz CT molecular complexity index is 808. The van der Waals surface area contributed by atoms with Crippen molar-refractivity contribution in [3.05, 3.63) is 12.2 Å². The molecule has 0 aromatic rings. The minimum atomic E-state index is -1.13. The molecule has 8 nitrogen and oxygen atoms in total. The van der Waals surface area contributed by atoms with Crippen LogP contribution in [0.1, 0.15) is 174 Å². The van der Waals surface area contributed by atoms with E-state index in [1.165, 1.54) is 103 Å². The van der Waals surface area contributed by atoms with Gasteiger partial charge in [-0.2, -0.15) is 0 Å². The molecule has 2 unspecified atom stereocenters. The first kappa shape index (κ1) is 46.1. The molecule has 0 aromatic carbocycles. The average molecular weight is 682 g/mol. The number of nitrogens with zero attached hydrogens (tertiary/aromatic N) is 1. The van der Waals surface area contributed by atoms with Gasteiger partial charge in [0.05, 0.1) is 40.3 Å². The predicted molar refractivity (Wildman–Crippen MR) is 194 cm³/mol. The number of hydrogen-bond donors (Lipinski definition) is 0. The van der Waals surface area contributed by atoms with Crippen molar-refractivity contribution in [3.8, 4) is 0 Å². The van der Waals surface area contributed by atoms with Gasteiger partial charge in [0.1, 0.15) is 12.6 Å². The molecule has 48 heavy (non-hydrogen) atoms. The lowest BCUT2D eigenvalue weighted by atomic mass is 10.0. The number of carboxylic acid groups (broad SMARTS) is 1. The van der Waals surface area contributed by atoms with Crippen LogP contribution in [0.15, 0.2) is 12.2 Å². The van der Waals surface area contributed by atoms with E-state index in [-0.39, 0.29) is 49.1 Å². The topological polar surface area (TPSA) is 102 Å². The van der Waals surface area contributed by atoms with E-state index < -0.39 is 18.1 Å². The van der Waals surface area contributed by atoms with Crippen LogP contribution in [0, 0.1) is 0 Å². The predicted octanol–water partition coefficient (Wildman–Crippen LogP) is 8.63. The minimum Gasteiger partial charge on any atom is -0.544 e. The molecule has 2 atom stereocenters. The molecule has 0 saturated carbocycles. The highest BCUT2D eigenvalue weighted by molar-refractivity contribution is 5.70. The zero-order valence-electron chi connectivity index (χ0n) is 31.9. The summed E-state index contributed by atoms with van der Waals surface area (Å²) in [5.74, 6) is -1.80. The van der Waals surface area contributed by atoms with Crippen LogP contribution >= 0.6 is 0 Å². The Hall–Kier alpha value is -1.93. The van der Waals surface area contributed by atoms with Crippen LogP contribution in [0.2, 0.25) is 0 Å². The molecule has 0 N–H and O–H groups in total. The number of ether oxygens (including phenoxy) is 3. The molecule has 0 aliphatic rings. The number of quaternary nitrogens is 1. The Morgan fingerprint density at radius 1 is 0.604 bits per heavy atom. The Labute approximate surface area is 295 Å². The number of aliphatic carboxylic acids is 1. The molecule has 0 fully saturated rings. The van der Waals surface area contributed by atoms with Gasteiger partial charge >= 0.3 is 11.9 Å². The minimum absolute atomic E-state index is 0.0297. The molecule has 0 spiro atoms. The maximum atomic E-state index is 12.5. The Kier molecular flexibility index (Phi) is 31.0. The van der Waals surface area contributed by atoms with Gasteiger partial charge in [0.25, 0.3) is 0 Å². The number of esters is 2. The van der Waals surface area contributed by atoms with Crippen molar-refractivity contribution in [1.29, 1.82) is 0 Å². The zero-order chi connectivity index (χ0) is 35.7. The molecule has 0 aliphatic heterocycles. The fraction of sp³-hybridized carbons (Fsp3) is 0.875.